The fraction of sp³-hybridized carbons (Fsp3) is 0.333. The number of fused-ring (bicyclic) bond motifs is 1. The molecule has 8 heteroatoms. The van der Waals surface area contributed by atoms with E-state index in [-0.39, 0.29) is 12.0 Å². The summed E-state index contributed by atoms with van der Waals surface area (Å²) in [5.41, 5.74) is 9.20. The van der Waals surface area contributed by atoms with Gasteiger partial charge in [0.05, 0.1) is 22.6 Å². The van der Waals surface area contributed by atoms with Crippen LogP contribution in [0, 0.1) is 11.8 Å². The number of pyridine rings is 1. The molecule has 166 valence electrons. The number of halogens is 1. The van der Waals surface area contributed by atoms with Gasteiger partial charge >= 0.3 is 0 Å². The summed E-state index contributed by atoms with van der Waals surface area (Å²) in [5, 5.41) is 6.04. The minimum Gasteiger partial charge on any atom is -0.468 e. The van der Waals surface area contributed by atoms with E-state index in [4.69, 9.17) is 22.1 Å². The van der Waals surface area contributed by atoms with Gasteiger partial charge in [-0.2, -0.15) is 0 Å². The van der Waals surface area contributed by atoms with Crippen LogP contribution >= 0.6 is 34.3 Å². The van der Waals surface area contributed by atoms with Crippen LogP contribution in [0.3, 0.4) is 0 Å². The number of allylic oxidation sites excluding steroid dienone is 1. The van der Waals surface area contributed by atoms with Crippen molar-refractivity contribution >= 4 is 56.7 Å². The maximum atomic E-state index is 10.3. The third kappa shape index (κ3) is 5.33. The molecule has 0 amide bonds. The largest absolute Gasteiger partial charge is 0.468 e. The Kier molecular flexibility index (Phi) is 7.82. The molecule has 3 heterocycles. The van der Waals surface area contributed by atoms with E-state index in [1.807, 2.05) is 12.1 Å². The Balaban J connectivity index is 1.72. The fourth-order valence-electron chi connectivity index (χ4n) is 3.74. The SMILES string of the molecule is N[C@H]1CC=CC[C@@H]1c1sc2c(NCc3cccs3)cc(Cl)nc2c1C#CCCCOC=O. The number of nitrogens with zero attached hydrogens (tertiary/aromatic N) is 1. The van der Waals surface area contributed by atoms with Crippen LogP contribution in [-0.4, -0.2) is 24.1 Å². The zero-order valence-electron chi connectivity index (χ0n) is 17.5. The lowest BCUT2D eigenvalue weighted by Gasteiger charge is -2.24. The van der Waals surface area contributed by atoms with Crippen LogP contribution in [0.2, 0.25) is 5.15 Å². The van der Waals surface area contributed by atoms with Crippen molar-refractivity contribution in [3.05, 3.63) is 56.2 Å². The molecule has 4 rings (SSSR count). The van der Waals surface area contributed by atoms with Gasteiger partial charge in [0.25, 0.3) is 6.47 Å². The molecule has 0 radical (unpaired) electrons. The maximum absolute atomic E-state index is 10.3. The van der Waals surface area contributed by atoms with Crippen molar-refractivity contribution in [1.82, 2.24) is 4.98 Å². The van der Waals surface area contributed by atoms with Crippen molar-refractivity contribution in [2.75, 3.05) is 11.9 Å². The molecule has 5 nitrogen and oxygen atoms in total. The fourth-order valence-corrected chi connectivity index (χ4v) is 5.96. The van der Waals surface area contributed by atoms with Gasteiger partial charge in [0.15, 0.2) is 0 Å². The molecule has 0 aromatic carbocycles. The first-order valence-electron chi connectivity index (χ1n) is 10.5. The summed E-state index contributed by atoms with van der Waals surface area (Å²) in [7, 11) is 0. The van der Waals surface area contributed by atoms with Crippen molar-refractivity contribution in [3.8, 4) is 11.8 Å². The highest BCUT2D eigenvalue weighted by Gasteiger charge is 2.27. The van der Waals surface area contributed by atoms with Gasteiger partial charge in [0.1, 0.15) is 10.7 Å². The first kappa shape index (κ1) is 22.8. The second-order valence-electron chi connectivity index (χ2n) is 7.53. The Morgan fingerprint density at radius 2 is 2.25 bits per heavy atom. The highest BCUT2D eigenvalue weighted by molar-refractivity contribution is 7.20. The zero-order chi connectivity index (χ0) is 22.3. The van der Waals surface area contributed by atoms with Gasteiger partial charge in [-0.05, 0) is 30.7 Å². The van der Waals surface area contributed by atoms with Crippen molar-refractivity contribution in [1.29, 1.82) is 0 Å². The average molecular weight is 486 g/mol. The molecule has 32 heavy (non-hydrogen) atoms. The number of thiophene rings is 2. The lowest BCUT2D eigenvalue weighted by molar-refractivity contribution is -0.128. The van der Waals surface area contributed by atoms with E-state index in [0.29, 0.717) is 31.1 Å². The predicted molar refractivity (Wildman–Crippen MR) is 133 cm³/mol. The monoisotopic (exact) mass is 485 g/mol. The van der Waals surface area contributed by atoms with E-state index in [1.165, 1.54) is 9.75 Å². The second kappa shape index (κ2) is 11.0. The molecular weight excluding hydrogens is 462 g/mol. The number of nitrogens with two attached hydrogens (primary N) is 1. The lowest BCUT2D eigenvalue weighted by Crippen LogP contribution is -2.29. The van der Waals surface area contributed by atoms with Crippen molar-refractivity contribution in [2.24, 2.45) is 5.73 Å². The Hall–Kier alpha value is -2.37. The molecule has 0 unspecified atom stereocenters. The number of unbranched alkanes of at least 4 members (excludes halogenated alkanes) is 1. The quantitative estimate of drug-likeness (QED) is 0.141. The number of nitrogens with one attached hydrogen (secondary N) is 1. The predicted octanol–water partition coefficient (Wildman–Crippen LogP) is 5.69. The number of carbonyl (C=O) groups is 1. The van der Waals surface area contributed by atoms with Gasteiger partial charge in [0, 0.05) is 40.7 Å². The molecule has 1 aliphatic carbocycles. The molecular formula is C24H24ClN3O2S2. The minimum absolute atomic E-state index is 0.0487. The molecule has 0 saturated carbocycles. The third-order valence-corrected chi connectivity index (χ3v) is 7.75. The summed E-state index contributed by atoms with van der Waals surface area (Å²) in [6.45, 7) is 1.56. The van der Waals surface area contributed by atoms with Gasteiger partial charge < -0.3 is 15.8 Å². The third-order valence-electron chi connectivity index (χ3n) is 5.33. The number of rotatable bonds is 8. The van der Waals surface area contributed by atoms with Gasteiger partial charge in [0.2, 0.25) is 0 Å². The number of hydrogen-bond acceptors (Lipinski definition) is 7. The Morgan fingerprint density at radius 3 is 3.03 bits per heavy atom. The number of aromatic nitrogens is 1. The van der Waals surface area contributed by atoms with Crippen molar-refractivity contribution < 1.29 is 9.53 Å². The molecule has 3 aromatic heterocycles. The Labute approximate surface area is 200 Å². The van der Waals surface area contributed by atoms with Crippen molar-refractivity contribution in [3.63, 3.8) is 0 Å². The molecule has 2 atom stereocenters. The van der Waals surface area contributed by atoms with E-state index in [9.17, 15) is 4.79 Å². The number of carbonyl (C=O) groups excluding carboxylic acids is 1. The van der Waals surface area contributed by atoms with E-state index in [2.05, 4.69) is 45.7 Å². The molecule has 0 fully saturated rings. The van der Waals surface area contributed by atoms with Crippen LogP contribution in [0.1, 0.15) is 46.9 Å². The van der Waals surface area contributed by atoms with E-state index < -0.39 is 0 Å². The standard InChI is InChI=1S/C24H24ClN3O2S2/c25-21-13-20(27-14-16-7-6-12-31-16)24-22(28-21)18(9-2-1-5-11-30-15-29)23(32-24)17-8-3-4-10-19(17)26/h3-4,6-7,12-13,15,17,19H,1,5,8,10-11,14,26H2,(H,27,28)/t17-,19-/m0/s1. The molecule has 3 N–H and O–H groups in total. The topological polar surface area (TPSA) is 77.2 Å². The minimum atomic E-state index is 0.0487. The van der Waals surface area contributed by atoms with Gasteiger partial charge in [-0.1, -0.05) is 41.7 Å². The van der Waals surface area contributed by atoms with Crippen molar-refractivity contribution in [2.45, 2.75) is 44.2 Å². The summed E-state index contributed by atoms with van der Waals surface area (Å²) in [4.78, 5) is 17.4. The van der Waals surface area contributed by atoms with Crippen LogP contribution in [0.25, 0.3) is 10.2 Å². The highest BCUT2D eigenvalue weighted by atomic mass is 35.5. The van der Waals surface area contributed by atoms with E-state index >= 15 is 0 Å². The normalized spacial score (nSPS) is 17.7. The van der Waals surface area contributed by atoms with Gasteiger partial charge in [-0.25, -0.2) is 4.98 Å². The molecule has 0 aliphatic heterocycles. The van der Waals surface area contributed by atoms with Gasteiger partial charge in [-0.3, -0.25) is 4.79 Å². The van der Waals surface area contributed by atoms with Crippen LogP contribution in [0.15, 0.2) is 35.7 Å². The van der Waals surface area contributed by atoms with Crippen LogP contribution in [-0.2, 0) is 16.1 Å². The van der Waals surface area contributed by atoms with Crippen LogP contribution in [0.4, 0.5) is 5.69 Å². The molecule has 0 saturated heterocycles. The maximum Gasteiger partial charge on any atom is 0.293 e. The average Bonchev–Trinajstić information content (AvgIpc) is 3.43. The molecule has 1 aliphatic rings. The number of hydrogen-bond donors (Lipinski definition) is 2. The van der Waals surface area contributed by atoms with E-state index in [0.717, 1.165) is 40.9 Å². The summed E-state index contributed by atoms with van der Waals surface area (Å²) < 4.78 is 5.81. The summed E-state index contributed by atoms with van der Waals surface area (Å²) >= 11 is 9.85. The van der Waals surface area contributed by atoms with Crippen LogP contribution in [0.5, 0.6) is 0 Å². The number of ether oxygens (including phenoxy) is 1. The van der Waals surface area contributed by atoms with Crippen LogP contribution < -0.4 is 11.1 Å². The molecule has 0 spiro atoms. The molecule has 0 bridgehead atoms. The summed E-state index contributed by atoms with van der Waals surface area (Å²) in [5.74, 6) is 6.77. The summed E-state index contributed by atoms with van der Waals surface area (Å²) in [6, 6.07) is 6.08. The van der Waals surface area contributed by atoms with E-state index in [1.54, 1.807) is 22.7 Å². The zero-order valence-corrected chi connectivity index (χ0v) is 19.9. The van der Waals surface area contributed by atoms with Gasteiger partial charge in [-0.15, -0.1) is 22.7 Å². The Morgan fingerprint density at radius 1 is 1.38 bits per heavy atom. The first-order chi connectivity index (χ1) is 15.7. The highest BCUT2D eigenvalue weighted by Crippen LogP contribution is 2.43. The number of anilines is 1. The Bertz CT molecular complexity index is 1160. The second-order valence-corrected chi connectivity index (χ2v) is 10.0. The summed E-state index contributed by atoms with van der Waals surface area (Å²) in [6.07, 6.45) is 7.41. The lowest BCUT2D eigenvalue weighted by atomic mass is 9.87. The molecule has 3 aromatic rings. The smallest absolute Gasteiger partial charge is 0.293 e. The first-order valence-corrected chi connectivity index (χ1v) is 12.6.